The molecule has 0 saturated carbocycles. The van der Waals surface area contributed by atoms with Gasteiger partial charge in [0.1, 0.15) is 23.8 Å². The Morgan fingerprint density at radius 3 is 2.83 bits per heavy atom. The Morgan fingerprint density at radius 1 is 1.30 bits per heavy atom. The van der Waals surface area contributed by atoms with E-state index in [0.29, 0.717) is 11.4 Å². The summed E-state index contributed by atoms with van der Waals surface area (Å²) in [6, 6.07) is 6.14. The first-order chi connectivity index (χ1) is 11.1. The van der Waals surface area contributed by atoms with Crippen LogP contribution in [-0.4, -0.2) is 16.6 Å². The average Bonchev–Trinajstić information content (AvgIpc) is 2.80. The Morgan fingerprint density at radius 2 is 2.13 bits per heavy atom. The van der Waals surface area contributed by atoms with Crippen LogP contribution in [0.15, 0.2) is 75.8 Å². The topological polar surface area (TPSA) is 74.5 Å². The molecule has 0 radical (unpaired) electrons. The minimum absolute atomic E-state index is 0.0378. The zero-order chi connectivity index (χ0) is 16.0. The first-order valence-electron chi connectivity index (χ1n) is 6.94. The number of hydrogen-bond acceptors (Lipinski definition) is 4. The van der Waals surface area contributed by atoms with Crippen LogP contribution in [0, 0.1) is 17.1 Å². The number of nitriles is 1. The van der Waals surface area contributed by atoms with Crippen molar-refractivity contribution in [2.45, 2.75) is 0 Å². The van der Waals surface area contributed by atoms with E-state index in [2.05, 4.69) is 9.98 Å². The summed E-state index contributed by atoms with van der Waals surface area (Å²) in [5.74, 6) is 6.48. The Kier molecular flexibility index (Phi) is 2.75. The van der Waals surface area contributed by atoms with Crippen molar-refractivity contribution in [3.63, 3.8) is 0 Å². The van der Waals surface area contributed by atoms with E-state index in [9.17, 15) is 4.39 Å². The zero-order valence-corrected chi connectivity index (χ0v) is 11.9. The fourth-order valence-corrected chi connectivity index (χ4v) is 2.69. The maximum atomic E-state index is 13.6. The van der Waals surface area contributed by atoms with Crippen molar-refractivity contribution in [1.82, 2.24) is 0 Å². The summed E-state index contributed by atoms with van der Waals surface area (Å²) < 4.78 is 13.4. The van der Waals surface area contributed by atoms with Gasteiger partial charge in [0.05, 0.1) is 23.5 Å². The highest BCUT2D eigenvalue weighted by atomic mass is 19.1. The lowest BCUT2D eigenvalue weighted by Crippen LogP contribution is -2.53. The lowest BCUT2D eigenvalue weighted by Gasteiger charge is -2.26. The van der Waals surface area contributed by atoms with Gasteiger partial charge in [-0.05, 0) is 18.2 Å². The van der Waals surface area contributed by atoms with Crippen LogP contribution in [0.1, 0.15) is 11.1 Å². The fourth-order valence-electron chi connectivity index (χ4n) is 2.69. The number of rotatable bonds is 2. The van der Waals surface area contributed by atoms with E-state index in [4.69, 9.17) is 11.1 Å². The monoisotopic (exact) mass is 304 g/mol. The zero-order valence-electron chi connectivity index (χ0n) is 11.9. The van der Waals surface area contributed by atoms with Crippen LogP contribution in [0.4, 0.5) is 4.39 Å². The van der Waals surface area contributed by atoms with E-state index in [1.54, 1.807) is 24.7 Å². The van der Waals surface area contributed by atoms with Crippen molar-refractivity contribution in [2.24, 2.45) is 15.8 Å². The van der Waals surface area contributed by atoms with Crippen LogP contribution < -0.4 is 5.84 Å². The molecular weight excluding hydrogens is 293 g/mol. The molecule has 2 aliphatic heterocycles. The van der Waals surface area contributed by atoms with Crippen LogP contribution in [-0.2, 0) is 0 Å². The fraction of sp³-hybridized carbons (Fsp3) is 0. The molecule has 1 atom stereocenters. The molecule has 1 aromatic carbocycles. The summed E-state index contributed by atoms with van der Waals surface area (Å²) >= 11 is 0. The highest BCUT2D eigenvalue weighted by molar-refractivity contribution is 6.01. The molecular formula is C17H11FN5+. The third kappa shape index (κ3) is 1.85. The second-order valence-electron chi connectivity index (χ2n) is 5.31. The highest BCUT2D eigenvalue weighted by Crippen LogP contribution is 2.36. The normalized spacial score (nSPS) is 24.0. The molecule has 0 amide bonds. The number of nitrogens with two attached hydrogens (primary N) is 1. The Bertz CT molecular complexity index is 956. The van der Waals surface area contributed by atoms with Crippen molar-refractivity contribution >= 4 is 12.1 Å². The number of allylic oxidation sites excluding steroid dienone is 4. The largest absolute Gasteiger partial charge is 0.265 e. The molecule has 3 aliphatic rings. The molecule has 1 aliphatic carbocycles. The van der Waals surface area contributed by atoms with Gasteiger partial charge >= 0.3 is 0 Å². The molecule has 110 valence electrons. The number of hydrogen-bond donors (Lipinski definition) is 1. The summed E-state index contributed by atoms with van der Waals surface area (Å²) in [7, 11) is 0. The summed E-state index contributed by atoms with van der Waals surface area (Å²) in [6.45, 7) is 0. The first kappa shape index (κ1) is 13.5. The number of nitrogens with zero attached hydrogens (tertiary/aromatic N) is 4. The first-order valence-corrected chi connectivity index (χ1v) is 6.94. The number of aliphatic imine (C=N–C) groups is 2. The summed E-state index contributed by atoms with van der Waals surface area (Å²) in [4.78, 5) is 8.79. The third-order valence-corrected chi connectivity index (χ3v) is 3.96. The van der Waals surface area contributed by atoms with E-state index < -0.39 is 5.82 Å². The van der Waals surface area contributed by atoms with Crippen LogP contribution in [0.5, 0.6) is 0 Å². The molecule has 23 heavy (non-hydrogen) atoms. The second kappa shape index (κ2) is 4.68. The van der Waals surface area contributed by atoms with Gasteiger partial charge in [-0.1, -0.05) is 18.2 Å². The van der Waals surface area contributed by atoms with Crippen LogP contribution in [0.25, 0.3) is 0 Å². The number of amidine groups is 1. The predicted molar refractivity (Wildman–Crippen MR) is 84.0 cm³/mol. The van der Waals surface area contributed by atoms with Gasteiger partial charge in [-0.2, -0.15) is 16.1 Å². The van der Waals surface area contributed by atoms with E-state index >= 15 is 0 Å². The molecule has 1 aromatic rings. The van der Waals surface area contributed by atoms with Crippen molar-refractivity contribution < 1.29 is 8.98 Å². The molecule has 0 bridgehead atoms. The van der Waals surface area contributed by atoms with Crippen molar-refractivity contribution in [1.29, 1.82) is 5.26 Å². The average molecular weight is 304 g/mol. The molecule has 0 fully saturated rings. The van der Waals surface area contributed by atoms with Crippen LogP contribution >= 0.6 is 0 Å². The number of benzene rings is 1. The Labute approximate surface area is 131 Å². The summed E-state index contributed by atoms with van der Waals surface area (Å²) in [5, 5.41) is 9.04. The molecule has 2 N–H and O–H groups in total. The minimum atomic E-state index is -0.563. The maximum Gasteiger partial charge on any atom is 0.265 e. The standard InChI is InChI=1S/C17H11FN5/c18-14-5-4-12(8-13(14)9-19)17-22-16(11-2-1-3-11)15-10-21-6-7-23(15,17)20/h1-8,10H,20H2/q+1. The number of fused-ring (bicyclic) bond motifs is 1. The van der Waals surface area contributed by atoms with E-state index in [1.165, 1.54) is 12.1 Å². The van der Waals surface area contributed by atoms with Crippen molar-refractivity contribution in [3.05, 3.63) is 82.7 Å². The highest BCUT2D eigenvalue weighted by Gasteiger charge is 2.44. The van der Waals surface area contributed by atoms with E-state index in [1.807, 2.05) is 24.3 Å². The van der Waals surface area contributed by atoms with Crippen LogP contribution in [0.3, 0.4) is 0 Å². The summed E-state index contributed by atoms with van der Waals surface area (Å²) in [5.41, 5.74) is 3.00. The molecule has 0 aromatic heterocycles. The quantitative estimate of drug-likeness (QED) is 0.673. The molecule has 6 heteroatoms. The lowest BCUT2D eigenvalue weighted by atomic mass is 10.0. The van der Waals surface area contributed by atoms with Crippen molar-refractivity contribution in [2.75, 3.05) is 0 Å². The van der Waals surface area contributed by atoms with Gasteiger partial charge in [0, 0.05) is 5.57 Å². The van der Waals surface area contributed by atoms with Gasteiger partial charge < -0.3 is 0 Å². The van der Waals surface area contributed by atoms with Crippen LogP contribution in [0.2, 0.25) is 0 Å². The van der Waals surface area contributed by atoms with E-state index in [0.717, 1.165) is 17.0 Å². The van der Waals surface area contributed by atoms with Gasteiger partial charge in [-0.15, -0.1) is 4.59 Å². The second-order valence-corrected chi connectivity index (χ2v) is 5.31. The van der Waals surface area contributed by atoms with Crippen molar-refractivity contribution in [3.8, 4) is 6.07 Å². The summed E-state index contributed by atoms with van der Waals surface area (Å²) in [6.07, 6.45) is 10.8. The maximum absolute atomic E-state index is 13.6. The van der Waals surface area contributed by atoms with Gasteiger partial charge in [0.25, 0.3) is 5.84 Å². The lowest BCUT2D eigenvalue weighted by molar-refractivity contribution is -0.750. The van der Waals surface area contributed by atoms with Gasteiger partial charge in [0.2, 0.25) is 5.70 Å². The molecule has 4 rings (SSSR count). The number of halogens is 1. The number of quaternary nitrogens is 1. The van der Waals surface area contributed by atoms with E-state index in [-0.39, 0.29) is 10.2 Å². The molecule has 1 unspecified atom stereocenters. The molecule has 5 nitrogen and oxygen atoms in total. The molecule has 0 spiro atoms. The SMILES string of the molecule is N#Cc1cc(C2=NC(C3=CC=C3)=C3C=NC=C[N+]23N)ccc1F. The molecule has 2 heterocycles. The Balaban J connectivity index is 1.89. The van der Waals surface area contributed by atoms with Gasteiger partial charge in [-0.3, -0.25) is 4.99 Å². The molecule has 0 saturated heterocycles. The van der Waals surface area contributed by atoms with Gasteiger partial charge in [0.15, 0.2) is 0 Å². The minimum Gasteiger partial charge on any atom is -0.253 e. The predicted octanol–water partition coefficient (Wildman–Crippen LogP) is 2.41. The third-order valence-electron chi connectivity index (χ3n) is 3.96. The smallest absolute Gasteiger partial charge is 0.253 e. The Hall–Kier alpha value is -3.14. The van der Waals surface area contributed by atoms with Gasteiger partial charge in [-0.25, -0.2) is 4.39 Å².